The number of benzene rings is 4. The quantitative estimate of drug-likeness (QED) is 0.00823. The first-order valence-electron chi connectivity index (χ1n) is 27.0. The standard InChI is InChI=1S/C58H70N8O14/c1-58-28-27-43-42-22-20-41(67)30-40(42)19-21-44(43)45(58)23-24-49(58)80-52(70)26-25-50(68)62-46(18-11-29-60-57(59)65-66(75)76)54(72)61-32-51(69)63-47(31-53(71)78-34-38-14-7-3-8-15-38)55(73)64-48(36-77-33-37-12-5-2-6-13-37)56(74)79-35-39-16-9-4-10-17-39/h2-10,12-17,20,22,30,43-49,67H,11,18-19,21,23-29,31-36H2,1H3,(H,61,72)(H,62,68)(H,63,69)(H,64,73)(H3,59,60,65)/t43-,44-,45+,46+,47+,48+,49+,58+/m1/s1. The Hall–Kier alpha value is -8.40. The maximum atomic E-state index is 14.1. The Kier molecular flexibility index (Phi) is 21.5. The number of phenols is 1. The molecule has 22 heteroatoms. The third kappa shape index (κ3) is 17.3. The number of esters is 3. The number of nitrogens with one attached hydrogen (secondary N) is 5. The molecule has 0 aliphatic heterocycles. The predicted octanol–water partition coefficient (Wildman–Crippen LogP) is 4.48. The van der Waals surface area contributed by atoms with Crippen LogP contribution in [0.15, 0.2) is 114 Å². The van der Waals surface area contributed by atoms with Gasteiger partial charge in [-0.15, -0.1) is 0 Å². The van der Waals surface area contributed by atoms with Gasteiger partial charge < -0.3 is 51.1 Å². The van der Waals surface area contributed by atoms with E-state index in [1.807, 2.05) is 42.5 Å². The second-order valence-corrected chi connectivity index (χ2v) is 20.6. The van der Waals surface area contributed by atoms with Crippen molar-refractivity contribution in [2.75, 3.05) is 19.7 Å². The van der Waals surface area contributed by atoms with Crippen LogP contribution >= 0.6 is 0 Å². The molecule has 80 heavy (non-hydrogen) atoms. The number of carbonyl (C=O) groups excluding carboxylic acids is 7. The molecule has 3 aliphatic rings. The Morgan fingerprint density at radius 2 is 1.40 bits per heavy atom. The van der Waals surface area contributed by atoms with Crippen LogP contribution in [0.2, 0.25) is 0 Å². The largest absolute Gasteiger partial charge is 0.508 e. The molecule has 3 aliphatic carbocycles. The summed E-state index contributed by atoms with van der Waals surface area (Å²) in [6, 6.07) is 27.9. The minimum absolute atomic E-state index is 0.0708. The number of aromatic hydroxyl groups is 1. The molecule has 0 spiro atoms. The number of guanidine groups is 1. The lowest BCUT2D eigenvalue weighted by Gasteiger charge is -2.50. The highest BCUT2D eigenvalue weighted by molar-refractivity contribution is 5.95. The minimum Gasteiger partial charge on any atom is -0.508 e. The third-order valence-corrected chi connectivity index (χ3v) is 15.2. The number of aryl methyl sites for hydroxylation is 1. The zero-order chi connectivity index (χ0) is 57.0. The monoisotopic (exact) mass is 1100 g/mol. The first-order valence-corrected chi connectivity index (χ1v) is 27.0. The summed E-state index contributed by atoms with van der Waals surface area (Å²) >= 11 is 0. The van der Waals surface area contributed by atoms with Gasteiger partial charge in [-0.25, -0.2) is 19.9 Å². The first-order chi connectivity index (χ1) is 38.5. The third-order valence-electron chi connectivity index (χ3n) is 15.2. The molecule has 0 radical (unpaired) electrons. The highest BCUT2D eigenvalue weighted by Gasteiger charge is 2.56. The molecular weight excluding hydrogens is 1030 g/mol. The number of nitrogens with two attached hydrogens (primary N) is 1. The highest BCUT2D eigenvalue weighted by Crippen LogP contribution is 2.61. The Morgan fingerprint density at radius 1 is 0.750 bits per heavy atom. The van der Waals surface area contributed by atoms with Crippen molar-refractivity contribution >= 4 is 47.5 Å². The average molecular weight is 1100 g/mol. The van der Waals surface area contributed by atoms with Gasteiger partial charge in [-0.3, -0.25) is 28.8 Å². The van der Waals surface area contributed by atoms with Gasteiger partial charge >= 0.3 is 17.9 Å². The summed E-state index contributed by atoms with van der Waals surface area (Å²) in [7, 11) is 0. The van der Waals surface area contributed by atoms with Gasteiger partial charge in [0.25, 0.3) is 5.96 Å². The lowest BCUT2D eigenvalue weighted by Crippen LogP contribution is -2.55. The summed E-state index contributed by atoms with van der Waals surface area (Å²) in [6.07, 6.45) is 3.58. The van der Waals surface area contributed by atoms with Crippen molar-refractivity contribution in [2.45, 2.75) is 128 Å². The van der Waals surface area contributed by atoms with Crippen molar-refractivity contribution in [1.82, 2.24) is 26.7 Å². The Balaban J connectivity index is 0.966. The number of phenolic OH excluding ortho intramolecular Hbond substituents is 1. The van der Waals surface area contributed by atoms with Crippen LogP contribution in [0.25, 0.3) is 0 Å². The van der Waals surface area contributed by atoms with Gasteiger partial charge in [0.1, 0.15) is 37.2 Å². The molecule has 8 atom stereocenters. The summed E-state index contributed by atoms with van der Waals surface area (Å²) in [5.41, 5.74) is 11.6. The van der Waals surface area contributed by atoms with E-state index < -0.39 is 83.6 Å². The van der Waals surface area contributed by atoms with Crippen LogP contribution in [-0.2, 0) is 78.8 Å². The molecule has 4 aromatic rings. The van der Waals surface area contributed by atoms with Crippen LogP contribution < -0.4 is 32.4 Å². The van der Waals surface area contributed by atoms with Gasteiger partial charge in [0.2, 0.25) is 23.6 Å². The smallest absolute Gasteiger partial charge is 0.331 e. The Labute approximate surface area is 463 Å². The number of carbonyl (C=O) groups is 7. The molecular formula is C58H70N8O14. The van der Waals surface area contributed by atoms with Gasteiger partial charge in [-0.1, -0.05) is 109 Å². The number of fused-ring (bicyclic) bond motifs is 5. The molecule has 2 saturated carbocycles. The Bertz CT molecular complexity index is 2820. The summed E-state index contributed by atoms with van der Waals surface area (Å²) in [5.74, 6) is -4.83. The summed E-state index contributed by atoms with van der Waals surface area (Å²) in [6.45, 7) is 0.766. The van der Waals surface area contributed by atoms with Gasteiger partial charge in [-0.2, -0.15) is 0 Å². The lowest BCUT2D eigenvalue weighted by molar-refractivity contribution is -0.525. The van der Waals surface area contributed by atoms with Crippen molar-refractivity contribution < 1.29 is 62.6 Å². The fourth-order valence-electron chi connectivity index (χ4n) is 11.2. The summed E-state index contributed by atoms with van der Waals surface area (Å²) in [5, 5.41) is 30.1. The number of ether oxygens (including phenoxy) is 4. The van der Waals surface area contributed by atoms with E-state index in [-0.39, 0.29) is 75.9 Å². The number of nitro groups is 1. The van der Waals surface area contributed by atoms with Crippen LogP contribution in [0.4, 0.5) is 0 Å². The van der Waals surface area contributed by atoms with E-state index in [1.54, 1.807) is 72.2 Å². The minimum atomic E-state index is -1.65. The number of rotatable bonds is 27. The van der Waals surface area contributed by atoms with E-state index in [0.717, 1.165) is 37.7 Å². The van der Waals surface area contributed by atoms with Crippen molar-refractivity contribution in [3.05, 3.63) is 147 Å². The first kappa shape index (κ1) is 59.3. The van der Waals surface area contributed by atoms with Crippen LogP contribution in [0.1, 0.15) is 105 Å². The molecule has 22 nitrogen and oxygen atoms in total. The molecule has 4 amide bonds. The summed E-state index contributed by atoms with van der Waals surface area (Å²) in [4.78, 5) is 110. The zero-order valence-corrected chi connectivity index (χ0v) is 44.7. The van der Waals surface area contributed by atoms with Crippen molar-refractivity contribution in [1.29, 1.82) is 0 Å². The van der Waals surface area contributed by atoms with Crippen LogP contribution in [0.5, 0.6) is 5.75 Å². The molecule has 4 aromatic carbocycles. The SMILES string of the molecule is C[C@]12CC[C@@H]3c4ccc(O)cc4CC[C@H]3[C@@H]1CC[C@@H]2OC(=O)CCC(=O)N[C@@H](CCCN=C(N)N[N+](=O)[O-])C(=O)NCC(=O)N[C@@H](CC(=O)OCc1ccccc1)C(=O)N[C@@H](COCc1ccccc1)C(=O)OCc1ccccc1. The normalized spacial score (nSPS) is 20.1. The lowest BCUT2D eigenvalue weighted by atomic mass is 9.55. The van der Waals surface area contributed by atoms with Gasteiger partial charge in [0.15, 0.2) is 11.1 Å². The van der Waals surface area contributed by atoms with Crippen LogP contribution in [0, 0.1) is 27.4 Å². The van der Waals surface area contributed by atoms with E-state index >= 15 is 0 Å². The van der Waals surface area contributed by atoms with E-state index in [1.165, 1.54) is 11.1 Å². The fraction of sp³-hybridized carbons (Fsp3) is 0.448. The van der Waals surface area contributed by atoms with E-state index in [9.17, 15) is 48.8 Å². The molecule has 0 bridgehead atoms. The van der Waals surface area contributed by atoms with Crippen molar-refractivity contribution in [3.63, 3.8) is 0 Å². The van der Waals surface area contributed by atoms with E-state index in [0.29, 0.717) is 35.3 Å². The number of nitrogens with zero attached hydrogens (tertiary/aromatic N) is 2. The van der Waals surface area contributed by atoms with Crippen molar-refractivity contribution in [3.8, 4) is 5.75 Å². The number of hydrogen-bond acceptors (Lipinski definition) is 15. The highest BCUT2D eigenvalue weighted by atomic mass is 16.7. The second-order valence-electron chi connectivity index (χ2n) is 20.6. The topological polar surface area (TPSA) is 318 Å². The van der Waals surface area contributed by atoms with Crippen LogP contribution in [0.3, 0.4) is 0 Å². The van der Waals surface area contributed by atoms with Gasteiger partial charge in [0.05, 0.1) is 32.6 Å². The van der Waals surface area contributed by atoms with Gasteiger partial charge in [-0.05, 0) is 109 Å². The van der Waals surface area contributed by atoms with Crippen molar-refractivity contribution in [2.24, 2.45) is 28.0 Å². The molecule has 0 aromatic heterocycles. The number of hydrazine groups is 1. The van der Waals surface area contributed by atoms with E-state index in [2.05, 4.69) is 33.2 Å². The molecule has 7 rings (SSSR count). The fourth-order valence-corrected chi connectivity index (χ4v) is 11.2. The van der Waals surface area contributed by atoms with Crippen LogP contribution in [-0.4, -0.2) is 102 Å². The molecule has 0 heterocycles. The number of amides is 4. The zero-order valence-electron chi connectivity index (χ0n) is 44.7. The van der Waals surface area contributed by atoms with E-state index in [4.69, 9.17) is 24.7 Å². The maximum absolute atomic E-state index is 14.1. The molecule has 2 fully saturated rings. The van der Waals surface area contributed by atoms with Gasteiger partial charge in [0, 0.05) is 18.4 Å². The number of hydrogen-bond donors (Lipinski definition) is 7. The predicted molar refractivity (Wildman–Crippen MR) is 290 cm³/mol. The molecule has 8 N–H and O–H groups in total. The molecule has 426 valence electrons. The maximum Gasteiger partial charge on any atom is 0.331 e. The molecule has 0 unspecified atom stereocenters. The average Bonchev–Trinajstić information content (AvgIpc) is 4.00. The number of aliphatic imine (C=N–C) groups is 1. The molecule has 0 saturated heterocycles. The Morgan fingerprint density at radius 3 is 2.08 bits per heavy atom. The summed E-state index contributed by atoms with van der Waals surface area (Å²) < 4.78 is 22.9. The second kappa shape index (κ2) is 29.0.